The minimum Gasteiger partial charge on any atom is -0.0622 e. The molecule has 0 aromatic heterocycles. The number of benzene rings is 8. The number of hydrogen-bond acceptors (Lipinski definition) is 2. The van der Waals surface area contributed by atoms with Gasteiger partial charge in [0.15, 0.2) is 0 Å². The molecular weight excluding hydrogens is 1120 g/mol. The third-order valence-electron chi connectivity index (χ3n) is 9.62. The molecule has 0 amide bonds. The molecule has 0 bridgehead atoms. The third-order valence-corrected chi connectivity index (χ3v) is 28.8. The van der Waals surface area contributed by atoms with Crippen LogP contribution in [0.5, 0.6) is 0 Å². The van der Waals surface area contributed by atoms with Gasteiger partial charge < -0.3 is 0 Å². The van der Waals surface area contributed by atoms with Crippen molar-refractivity contribution in [2.24, 2.45) is 0 Å². The summed E-state index contributed by atoms with van der Waals surface area (Å²) in [6.07, 6.45) is 0. The van der Waals surface area contributed by atoms with E-state index in [4.69, 9.17) is 37.2 Å². The molecule has 0 fully saturated rings. The predicted octanol–water partition coefficient (Wildman–Crippen LogP) is 9.70. The molecule has 0 atom stereocenters. The monoisotopic (exact) mass is 1170 g/mol. The first-order valence-corrected chi connectivity index (χ1v) is 28.6. The Morgan fingerprint density at radius 2 is 0.378 bits per heavy atom. The fraction of sp³-hybridized carbons (Fsp3) is 0. The molecule has 16 heteroatoms. The molecule has 0 heterocycles. The van der Waals surface area contributed by atoms with Crippen LogP contribution in [0, 0.1) is 53.2 Å². The minimum atomic E-state index is -1.42. The van der Waals surface area contributed by atoms with Crippen LogP contribution in [-0.4, -0.2) is 8.73 Å². The largest absolute Gasteiger partial charge is 0.145 e. The zero-order valence-corrected chi connectivity index (χ0v) is 46.9. The quantitative estimate of drug-likeness (QED) is 0.0370. The zero-order valence-electron chi connectivity index (χ0n) is 38.9. The van der Waals surface area contributed by atoms with Crippen LogP contribution in [0.15, 0.2) is 243 Å². The van der Waals surface area contributed by atoms with Crippen LogP contribution in [0.4, 0.5) is 0 Å². The molecule has 0 aliphatic heterocycles. The van der Waals surface area contributed by atoms with E-state index in [1.165, 1.54) is 42.4 Å². The van der Waals surface area contributed by atoms with Crippen molar-refractivity contribution in [1.29, 1.82) is 0 Å². The van der Waals surface area contributed by atoms with Crippen LogP contribution in [0.3, 0.4) is 0 Å². The maximum absolute atomic E-state index is 7.50. The van der Waals surface area contributed by atoms with Crippen molar-refractivity contribution in [3.63, 3.8) is 0 Å². The van der Waals surface area contributed by atoms with E-state index in [1.807, 2.05) is 0 Å². The van der Waals surface area contributed by atoms with Crippen LogP contribution in [0.25, 0.3) is 0 Å². The van der Waals surface area contributed by atoms with E-state index < -0.39 is 30.9 Å². The van der Waals surface area contributed by atoms with Crippen molar-refractivity contribution < 1.29 is 71.4 Å². The maximum atomic E-state index is 7.50. The smallest absolute Gasteiger partial charge is 0.0622 e. The van der Waals surface area contributed by atoms with Gasteiger partial charge >= 0.3 is 90.4 Å². The molecule has 0 unspecified atom stereocenters. The summed E-state index contributed by atoms with van der Waals surface area (Å²) in [5.41, 5.74) is 0. The van der Waals surface area contributed by atoms with Crippen LogP contribution >= 0.6 is 52.5 Å². The third kappa shape index (κ3) is 23.2. The zero-order chi connectivity index (χ0) is 53.8. The van der Waals surface area contributed by atoms with Crippen LogP contribution < -0.4 is 42.4 Å². The van der Waals surface area contributed by atoms with Gasteiger partial charge in [-0.1, -0.05) is 194 Å². The van der Waals surface area contributed by atoms with Crippen molar-refractivity contribution in [2.75, 3.05) is 0 Å². The normalized spacial score (nSPS) is 8.76. The Balaban J connectivity index is -0.00000256. The van der Waals surface area contributed by atoms with Gasteiger partial charge in [-0.05, 0) is 106 Å². The number of hydrogen-bond donors (Lipinski definition) is 0. The standard InChI is InChI=1S/C50H42P4S2.8CO.2Mn/c1-9-25-41(26-10-1)51(42-27-11-2-12-28-42)49(52(43-29-13-3-14-30-43)44-31-15-4-16-32-44)55-56-50(53(45-33-17-5-18-34-45)46-35-19-6-20-36-46)54(47-37-21-7-22-38-47)48-39-23-8-24-40-48;8*1-2;;/h1-40,51,53H;;;;;;;;;;/p+2. The van der Waals surface area contributed by atoms with E-state index >= 15 is 0 Å². The van der Waals surface area contributed by atoms with E-state index in [0.717, 1.165) is 0 Å². The Kier molecular flexibility index (Phi) is 48.2. The van der Waals surface area contributed by atoms with Gasteiger partial charge in [-0.2, -0.15) is 0 Å². The predicted molar refractivity (Wildman–Crippen MR) is 299 cm³/mol. The molecule has 368 valence electrons. The summed E-state index contributed by atoms with van der Waals surface area (Å²) >= 11 is 0. The Morgan fingerprint density at radius 1 is 0.243 bits per heavy atom. The van der Waals surface area contributed by atoms with Crippen molar-refractivity contribution in [3.8, 4) is 0 Å². The fourth-order valence-electron chi connectivity index (χ4n) is 7.05. The molecule has 0 spiro atoms. The van der Waals surface area contributed by atoms with Gasteiger partial charge in [0.25, 0.3) is 0 Å². The van der Waals surface area contributed by atoms with Gasteiger partial charge in [0.2, 0.25) is 0 Å². The Labute approximate surface area is 467 Å². The summed E-state index contributed by atoms with van der Waals surface area (Å²) in [4.78, 5) is 0. The van der Waals surface area contributed by atoms with E-state index in [9.17, 15) is 0 Å². The van der Waals surface area contributed by atoms with Crippen molar-refractivity contribution in [1.82, 2.24) is 0 Å². The molecule has 8 aromatic carbocycles. The maximum Gasteiger partial charge on any atom is 0.145 e. The van der Waals surface area contributed by atoms with Gasteiger partial charge in [0.05, 0.1) is 0 Å². The van der Waals surface area contributed by atoms with Crippen LogP contribution in [0.2, 0.25) is 0 Å². The van der Waals surface area contributed by atoms with Crippen LogP contribution in [0.1, 0.15) is 0 Å². The molecule has 0 aliphatic rings. The van der Waals surface area contributed by atoms with Crippen molar-refractivity contribution in [3.05, 3.63) is 296 Å². The SMILES string of the molecule is [C-]#[O+].[C-]#[O+].[C-]#[O+].[C-]#[O+].[C-]#[O+].[C-]#[O+].[C-]#[O+].[C-]#[O+].[Mn].[Mn].c1ccc([PH](=C(SSC(=[PH](c2ccccc2)c2ccccc2)[PH+](c2ccccc2)c2ccccc2)[PH+](c2ccccc2)c2ccccc2)c2ccccc2)cc1. The molecule has 0 aliphatic carbocycles. The van der Waals surface area contributed by atoms with Crippen molar-refractivity contribution >= 4 is 104 Å². The molecule has 0 saturated heterocycles. The summed E-state index contributed by atoms with van der Waals surface area (Å²) in [5.74, 6) is 0. The summed E-state index contributed by atoms with van der Waals surface area (Å²) < 4.78 is 63.2. The minimum absolute atomic E-state index is 0. The average molecular weight is 1170 g/mol. The first-order valence-electron chi connectivity index (χ1n) is 20.5. The molecule has 2 radical (unpaired) electrons. The van der Waals surface area contributed by atoms with Crippen molar-refractivity contribution in [2.45, 2.75) is 0 Å². The van der Waals surface area contributed by atoms with Gasteiger partial charge in [0, 0.05) is 34.1 Å². The average Bonchev–Trinajstić information content (AvgIpc) is 3.51. The summed E-state index contributed by atoms with van der Waals surface area (Å²) in [6.45, 7) is 36.0. The fourth-order valence-corrected chi connectivity index (χ4v) is 29.5. The second kappa shape index (κ2) is 48.8. The van der Waals surface area contributed by atoms with Crippen LogP contribution in [-0.2, 0) is 71.4 Å². The topological polar surface area (TPSA) is 159 Å². The Bertz CT molecular complexity index is 2520. The van der Waals surface area contributed by atoms with E-state index in [1.54, 1.807) is 8.73 Å². The van der Waals surface area contributed by atoms with E-state index in [0.29, 0.717) is 0 Å². The molecular formula is C58H44Mn2O8P4S2+2. The van der Waals surface area contributed by atoms with E-state index in [2.05, 4.69) is 317 Å². The molecule has 8 nitrogen and oxygen atoms in total. The second-order valence-corrected chi connectivity index (χ2v) is 27.5. The second-order valence-electron chi connectivity index (χ2n) is 13.3. The summed E-state index contributed by atoms with van der Waals surface area (Å²) in [6, 6.07) is 90.9. The molecule has 8 aromatic rings. The number of rotatable bonds is 13. The van der Waals surface area contributed by atoms with Gasteiger partial charge in [-0.3, -0.25) is 0 Å². The van der Waals surface area contributed by atoms with Gasteiger partial charge in [-0.15, -0.1) is 0 Å². The van der Waals surface area contributed by atoms with Gasteiger partial charge in [0.1, 0.15) is 45.8 Å². The summed E-state index contributed by atoms with van der Waals surface area (Å²) in [7, 11) is -1.48. The Hall–Kier alpha value is -5.12. The Morgan fingerprint density at radius 3 is 0.527 bits per heavy atom. The molecule has 74 heavy (non-hydrogen) atoms. The molecule has 0 N–H and O–H groups in total. The summed E-state index contributed by atoms with van der Waals surface area (Å²) in [5, 5.41) is 11.4. The van der Waals surface area contributed by atoms with E-state index in [-0.39, 0.29) is 34.1 Å². The molecule has 8 rings (SSSR count). The first kappa shape index (κ1) is 73.1. The first-order chi connectivity index (χ1) is 35.8. The molecule has 0 saturated carbocycles. The van der Waals surface area contributed by atoms with Gasteiger partial charge in [-0.25, -0.2) is 0 Å².